The third-order valence-corrected chi connectivity index (χ3v) is 6.88. The number of anilines is 1. The fraction of sp³-hybridized carbons (Fsp3) is 0.810. The average Bonchev–Trinajstić information content (AvgIpc) is 3.06. The lowest BCUT2D eigenvalue weighted by Gasteiger charge is -2.61. The van der Waals surface area contributed by atoms with Gasteiger partial charge < -0.3 is 20.3 Å². The summed E-state index contributed by atoms with van der Waals surface area (Å²) in [6.07, 6.45) is 11.9. The number of guanidine groups is 1. The smallest absolute Gasteiger partial charge is 0.191 e. The van der Waals surface area contributed by atoms with Crippen LogP contribution in [0, 0.1) is 5.41 Å². The fourth-order valence-corrected chi connectivity index (χ4v) is 5.19. The zero-order valence-electron chi connectivity index (χ0n) is 18.1. The van der Waals surface area contributed by atoms with E-state index in [1.54, 1.807) is 0 Å². The summed E-state index contributed by atoms with van der Waals surface area (Å²) in [4.78, 5) is 7.19. The molecule has 0 radical (unpaired) electrons. The Kier molecular flexibility index (Phi) is 7.69. The van der Waals surface area contributed by atoms with Crippen LogP contribution >= 0.6 is 24.0 Å². The standard InChI is InChI=1S/C21H36N6O.HI/c1-4-22-20(25-18-12-19(28-5-2)21(18)9-7-10-21)24-16-8-6-11-27(14-16)17-13-23-26(3)15-17;/h13,15-16,18-19H,4-12,14H2,1-3H3,(H2,22,24,25);1H. The summed E-state index contributed by atoms with van der Waals surface area (Å²) >= 11 is 0. The van der Waals surface area contributed by atoms with Gasteiger partial charge in [0, 0.05) is 57.0 Å². The summed E-state index contributed by atoms with van der Waals surface area (Å²) in [5.74, 6) is 0.978. The number of hydrogen-bond donors (Lipinski definition) is 2. The van der Waals surface area contributed by atoms with Gasteiger partial charge in [0.05, 0.1) is 18.0 Å². The highest BCUT2D eigenvalue weighted by molar-refractivity contribution is 14.0. The van der Waals surface area contributed by atoms with Gasteiger partial charge in [-0.25, -0.2) is 0 Å². The molecule has 2 saturated carbocycles. The summed E-state index contributed by atoms with van der Waals surface area (Å²) in [5.41, 5.74) is 1.56. The second kappa shape index (κ2) is 9.85. The zero-order valence-corrected chi connectivity index (χ0v) is 20.4. The van der Waals surface area contributed by atoms with Crippen molar-refractivity contribution < 1.29 is 4.74 Å². The topological polar surface area (TPSA) is 66.7 Å². The van der Waals surface area contributed by atoms with E-state index in [0.717, 1.165) is 38.6 Å². The van der Waals surface area contributed by atoms with Gasteiger partial charge in [0.2, 0.25) is 0 Å². The summed E-state index contributed by atoms with van der Waals surface area (Å²) in [5, 5.41) is 11.8. The van der Waals surface area contributed by atoms with Gasteiger partial charge in [-0.05, 0) is 46.0 Å². The third-order valence-electron chi connectivity index (χ3n) is 6.88. The van der Waals surface area contributed by atoms with E-state index in [-0.39, 0.29) is 24.0 Å². The van der Waals surface area contributed by atoms with Gasteiger partial charge in [0.15, 0.2) is 5.96 Å². The van der Waals surface area contributed by atoms with E-state index in [0.29, 0.717) is 23.6 Å². The van der Waals surface area contributed by atoms with Gasteiger partial charge in [-0.2, -0.15) is 5.10 Å². The van der Waals surface area contributed by atoms with Gasteiger partial charge in [0.25, 0.3) is 0 Å². The summed E-state index contributed by atoms with van der Waals surface area (Å²) < 4.78 is 7.88. The summed E-state index contributed by atoms with van der Waals surface area (Å²) in [7, 11) is 1.98. The molecule has 1 spiro atoms. The highest BCUT2D eigenvalue weighted by atomic mass is 127. The lowest BCUT2D eigenvalue weighted by Crippen LogP contribution is -2.69. The Labute approximate surface area is 192 Å². The maximum Gasteiger partial charge on any atom is 0.191 e. The molecule has 1 aromatic heterocycles. The van der Waals surface area contributed by atoms with Crippen molar-refractivity contribution in [2.75, 3.05) is 31.1 Å². The number of aromatic nitrogens is 2. The molecule has 1 aliphatic heterocycles. The van der Waals surface area contributed by atoms with E-state index in [1.165, 1.54) is 37.8 Å². The molecule has 3 aliphatic rings. The summed E-state index contributed by atoms with van der Waals surface area (Å²) in [6.45, 7) is 7.92. The highest BCUT2D eigenvalue weighted by Gasteiger charge is 2.59. The van der Waals surface area contributed by atoms with Crippen molar-refractivity contribution in [3.63, 3.8) is 0 Å². The van der Waals surface area contributed by atoms with Crippen molar-refractivity contribution in [1.82, 2.24) is 20.4 Å². The molecule has 0 aromatic carbocycles. The van der Waals surface area contributed by atoms with Gasteiger partial charge >= 0.3 is 0 Å². The molecule has 8 heteroatoms. The van der Waals surface area contributed by atoms with E-state index in [4.69, 9.17) is 9.73 Å². The number of halogens is 1. The molecule has 29 heavy (non-hydrogen) atoms. The molecule has 2 heterocycles. The van der Waals surface area contributed by atoms with Crippen molar-refractivity contribution >= 4 is 35.6 Å². The number of piperidine rings is 1. The monoisotopic (exact) mass is 516 g/mol. The van der Waals surface area contributed by atoms with Crippen molar-refractivity contribution in [1.29, 1.82) is 0 Å². The Bertz CT molecular complexity index is 688. The van der Waals surface area contributed by atoms with Gasteiger partial charge in [-0.3, -0.25) is 9.67 Å². The first-order valence-corrected chi connectivity index (χ1v) is 11.1. The maximum absolute atomic E-state index is 6.01. The molecule has 0 bridgehead atoms. The van der Waals surface area contributed by atoms with E-state index >= 15 is 0 Å². The van der Waals surface area contributed by atoms with E-state index in [9.17, 15) is 0 Å². The lowest BCUT2D eigenvalue weighted by molar-refractivity contribution is -0.168. The second-order valence-corrected chi connectivity index (χ2v) is 8.59. The Morgan fingerprint density at radius 2 is 2.14 bits per heavy atom. The molecule has 4 rings (SSSR count). The van der Waals surface area contributed by atoms with Crippen molar-refractivity contribution in [2.45, 2.75) is 70.6 Å². The normalized spacial score (nSPS) is 28.3. The predicted molar refractivity (Wildman–Crippen MR) is 128 cm³/mol. The molecule has 3 fully saturated rings. The van der Waals surface area contributed by atoms with E-state index < -0.39 is 0 Å². The van der Waals surface area contributed by atoms with Gasteiger partial charge in [-0.15, -0.1) is 24.0 Å². The van der Waals surface area contributed by atoms with Crippen LogP contribution in [-0.2, 0) is 11.8 Å². The second-order valence-electron chi connectivity index (χ2n) is 8.59. The van der Waals surface area contributed by atoms with Crippen LogP contribution in [0.25, 0.3) is 0 Å². The van der Waals surface area contributed by atoms with Crippen LogP contribution in [0.5, 0.6) is 0 Å². The minimum Gasteiger partial charge on any atom is -0.378 e. The quantitative estimate of drug-likeness (QED) is 0.346. The predicted octanol–water partition coefficient (Wildman–Crippen LogP) is 2.91. The molecule has 1 aromatic rings. The third kappa shape index (κ3) is 4.68. The Morgan fingerprint density at radius 3 is 2.76 bits per heavy atom. The molecule has 2 N–H and O–H groups in total. The minimum absolute atomic E-state index is 0. The van der Waals surface area contributed by atoms with Crippen LogP contribution in [0.2, 0.25) is 0 Å². The van der Waals surface area contributed by atoms with Crippen LogP contribution < -0.4 is 15.5 Å². The Morgan fingerprint density at radius 1 is 1.31 bits per heavy atom. The first-order chi connectivity index (χ1) is 13.6. The summed E-state index contributed by atoms with van der Waals surface area (Å²) in [6, 6.07) is 0.903. The molecule has 2 aliphatic carbocycles. The largest absolute Gasteiger partial charge is 0.378 e. The van der Waals surface area contributed by atoms with Gasteiger partial charge in [-0.1, -0.05) is 6.42 Å². The SMILES string of the molecule is CCN=C(NC1CCCN(c2cnn(C)c2)C1)NC1CC(OCC)C12CCC2.I. The number of rotatable bonds is 6. The number of nitrogens with one attached hydrogen (secondary N) is 2. The van der Waals surface area contributed by atoms with Crippen molar-refractivity contribution in [3.8, 4) is 0 Å². The Balaban J connectivity index is 0.00000240. The average molecular weight is 516 g/mol. The number of nitrogens with zero attached hydrogens (tertiary/aromatic N) is 4. The number of aliphatic imine (C=N–C) groups is 1. The fourth-order valence-electron chi connectivity index (χ4n) is 5.19. The first-order valence-electron chi connectivity index (χ1n) is 11.1. The molecule has 0 amide bonds. The molecule has 7 nitrogen and oxygen atoms in total. The van der Waals surface area contributed by atoms with Crippen LogP contribution in [0.1, 0.15) is 52.4 Å². The molecular formula is C21H37IN6O. The number of hydrogen-bond acceptors (Lipinski definition) is 4. The minimum atomic E-state index is 0. The maximum atomic E-state index is 6.01. The van der Waals surface area contributed by atoms with Crippen molar-refractivity contribution in [3.05, 3.63) is 12.4 Å². The zero-order chi connectivity index (χ0) is 19.6. The molecule has 1 saturated heterocycles. The van der Waals surface area contributed by atoms with Crippen LogP contribution in [-0.4, -0.2) is 60.2 Å². The van der Waals surface area contributed by atoms with Crippen LogP contribution in [0.4, 0.5) is 5.69 Å². The molecule has 3 unspecified atom stereocenters. The van der Waals surface area contributed by atoms with E-state index in [2.05, 4.69) is 40.7 Å². The van der Waals surface area contributed by atoms with Crippen molar-refractivity contribution in [2.24, 2.45) is 17.5 Å². The lowest BCUT2D eigenvalue weighted by atomic mass is 9.51. The van der Waals surface area contributed by atoms with Gasteiger partial charge in [0.1, 0.15) is 0 Å². The highest BCUT2D eigenvalue weighted by Crippen LogP contribution is 2.57. The number of ether oxygens (including phenoxy) is 1. The van der Waals surface area contributed by atoms with Crippen LogP contribution in [0.15, 0.2) is 17.4 Å². The Hall–Kier alpha value is -1.03. The number of aryl methyl sites for hydroxylation is 1. The molecule has 3 atom stereocenters. The molecular weight excluding hydrogens is 479 g/mol. The van der Waals surface area contributed by atoms with Crippen LogP contribution in [0.3, 0.4) is 0 Å². The molecule has 164 valence electrons. The van der Waals surface area contributed by atoms with E-state index in [1.807, 2.05) is 17.9 Å². The first kappa shape index (κ1) is 22.7.